The highest BCUT2D eigenvalue weighted by atomic mass is 32.2. The minimum absolute atomic E-state index is 0.0121. The van der Waals surface area contributed by atoms with Gasteiger partial charge < -0.3 is 14.9 Å². The quantitative estimate of drug-likeness (QED) is 0.753. The minimum Gasteiger partial charge on any atom is -0.508 e. The van der Waals surface area contributed by atoms with Gasteiger partial charge in [-0.25, -0.2) is 0 Å². The first kappa shape index (κ1) is 15.7. The molecule has 106 valence electrons. The molecule has 0 bridgehead atoms. The summed E-state index contributed by atoms with van der Waals surface area (Å²) in [7, 11) is 0. The number of esters is 1. The molecule has 0 aromatic heterocycles. The summed E-state index contributed by atoms with van der Waals surface area (Å²) in [5.41, 5.74) is 0.650. The van der Waals surface area contributed by atoms with E-state index in [0.717, 1.165) is 5.75 Å². The predicted molar refractivity (Wildman–Crippen MR) is 76.6 cm³/mol. The zero-order valence-corrected chi connectivity index (χ0v) is 12.1. The molecule has 1 aromatic carbocycles. The molecule has 1 rings (SSSR count). The molecule has 0 heterocycles. The summed E-state index contributed by atoms with van der Waals surface area (Å²) < 4.78 is 5.06. The normalized spacial score (nSPS) is 12.1. The monoisotopic (exact) mass is 284 g/mol. The lowest BCUT2D eigenvalue weighted by molar-refractivity contribution is -0.148. The number of hydrogen-bond donors (Lipinski definition) is 2. The second-order valence-corrected chi connectivity index (χ2v) is 5.23. The molecule has 0 saturated heterocycles. The topological polar surface area (TPSA) is 66.8 Å². The second kappa shape index (κ2) is 7.94. The number of rotatable bonds is 7. The summed E-state index contributed by atoms with van der Waals surface area (Å²) in [5.74, 6) is 0.394. The molecule has 0 saturated carbocycles. The van der Waals surface area contributed by atoms with Gasteiger partial charge in [-0.15, -0.1) is 0 Å². The average molecular weight is 284 g/mol. The molecule has 1 aromatic rings. The lowest BCUT2D eigenvalue weighted by Gasteiger charge is -2.16. The molecule has 4 nitrogen and oxygen atoms in total. The van der Waals surface area contributed by atoms with Crippen LogP contribution in [0.1, 0.15) is 18.9 Å². The zero-order chi connectivity index (χ0) is 14.3. The molecule has 5 heteroatoms. The van der Waals surface area contributed by atoms with Crippen LogP contribution in [0.3, 0.4) is 0 Å². The third-order valence-corrected chi connectivity index (χ3v) is 3.47. The van der Waals surface area contributed by atoms with E-state index < -0.39 is 0 Å². The van der Waals surface area contributed by atoms with Crippen molar-refractivity contribution in [3.63, 3.8) is 0 Å². The Kier molecular flexibility index (Phi) is 6.56. The Hall–Kier alpha value is -1.36. The second-order valence-electron chi connectivity index (χ2n) is 4.25. The molecular weight excluding hydrogens is 264 g/mol. The Morgan fingerprint density at radius 3 is 2.74 bits per heavy atom. The van der Waals surface area contributed by atoms with Crippen molar-refractivity contribution in [3.8, 4) is 11.5 Å². The standard InChI is InChI=1S/C14H20O4S/c1-3-18-14(17)11(6-7-19-2)8-10-4-5-12(15)9-13(10)16/h4-5,9,11,15-16H,3,6-8H2,1-2H3. The Labute approximate surface area is 117 Å². The lowest BCUT2D eigenvalue weighted by atomic mass is 9.96. The SMILES string of the molecule is CCOC(=O)C(CCSC)Cc1ccc(O)cc1O. The zero-order valence-electron chi connectivity index (χ0n) is 11.3. The highest BCUT2D eigenvalue weighted by molar-refractivity contribution is 7.98. The molecule has 0 aliphatic rings. The number of phenols is 2. The third kappa shape index (κ3) is 5.03. The highest BCUT2D eigenvalue weighted by Crippen LogP contribution is 2.26. The Morgan fingerprint density at radius 2 is 2.16 bits per heavy atom. The lowest BCUT2D eigenvalue weighted by Crippen LogP contribution is -2.21. The van der Waals surface area contributed by atoms with Crippen molar-refractivity contribution in [2.75, 3.05) is 18.6 Å². The Morgan fingerprint density at radius 1 is 1.42 bits per heavy atom. The summed E-state index contributed by atoms with van der Waals surface area (Å²) in [5, 5.41) is 19.0. The van der Waals surface area contributed by atoms with Crippen LogP contribution < -0.4 is 0 Å². The first-order chi connectivity index (χ1) is 9.08. The number of aromatic hydroxyl groups is 2. The van der Waals surface area contributed by atoms with Crippen LogP contribution in [0, 0.1) is 5.92 Å². The van der Waals surface area contributed by atoms with Crippen molar-refractivity contribution in [3.05, 3.63) is 23.8 Å². The maximum Gasteiger partial charge on any atom is 0.309 e. The predicted octanol–water partition coefficient (Wildman–Crippen LogP) is 2.57. The number of benzene rings is 1. The first-order valence-corrected chi connectivity index (χ1v) is 7.64. The van der Waals surface area contributed by atoms with Gasteiger partial charge in [0.25, 0.3) is 0 Å². The van der Waals surface area contributed by atoms with Gasteiger partial charge in [-0.05, 0) is 43.4 Å². The van der Waals surface area contributed by atoms with E-state index in [4.69, 9.17) is 4.74 Å². The average Bonchev–Trinajstić information content (AvgIpc) is 2.37. The Bertz CT molecular complexity index is 420. The number of phenolic OH excluding ortho intramolecular Hbond substituents is 2. The van der Waals surface area contributed by atoms with Crippen molar-refractivity contribution in [2.24, 2.45) is 5.92 Å². The van der Waals surface area contributed by atoms with Crippen molar-refractivity contribution < 1.29 is 19.7 Å². The van der Waals surface area contributed by atoms with Crippen LogP contribution in [0.2, 0.25) is 0 Å². The van der Waals surface area contributed by atoms with Gasteiger partial charge in [-0.2, -0.15) is 11.8 Å². The maximum absolute atomic E-state index is 11.9. The fraction of sp³-hybridized carbons (Fsp3) is 0.500. The van der Waals surface area contributed by atoms with Crippen molar-refractivity contribution >= 4 is 17.7 Å². The molecule has 1 atom stereocenters. The van der Waals surface area contributed by atoms with Gasteiger partial charge >= 0.3 is 5.97 Å². The fourth-order valence-electron chi connectivity index (χ4n) is 1.81. The Balaban J connectivity index is 2.77. The van der Waals surface area contributed by atoms with Gasteiger partial charge in [-0.1, -0.05) is 6.07 Å². The fourth-order valence-corrected chi connectivity index (χ4v) is 2.33. The molecule has 2 N–H and O–H groups in total. The van der Waals surface area contributed by atoms with E-state index in [-0.39, 0.29) is 23.4 Å². The smallest absolute Gasteiger partial charge is 0.309 e. The van der Waals surface area contributed by atoms with E-state index in [1.54, 1.807) is 24.8 Å². The van der Waals surface area contributed by atoms with Crippen molar-refractivity contribution in [2.45, 2.75) is 19.8 Å². The van der Waals surface area contributed by atoms with E-state index in [2.05, 4.69) is 0 Å². The summed E-state index contributed by atoms with van der Waals surface area (Å²) in [6.07, 6.45) is 3.12. The van der Waals surface area contributed by atoms with Crippen LogP contribution in [0.4, 0.5) is 0 Å². The number of carbonyl (C=O) groups excluding carboxylic acids is 1. The van der Waals surface area contributed by atoms with Crippen LogP contribution in [0.25, 0.3) is 0 Å². The molecule has 0 radical (unpaired) electrons. The van der Waals surface area contributed by atoms with Crippen LogP contribution in [0.15, 0.2) is 18.2 Å². The van der Waals surface area contributed by atoms with Crippen LogP contribution in [-0.2, 0) is 16.0 Å². The van der Waals surface area contributed by atoms with Crippen molar-refractivity contribution in [1.29, 1.82) is 0 Å². The number of carbonyl (C=O) groups is 1. The largest absolute Gasteiger partial charge is 0.508 e. The molecule has 0 spiro atoms. The molecule has 0 fully saturated rings. The molecule has 0 amide bonds. The van der Waals surface area contributed by atoms with E-state index in [0.29, 0.717) is 25.0 Å². The van der Waals surface area contributed by atoms with Crippen LogP contribution >= 0.6 is 11.8 Å². The van der Waals surface area contributed by atoms with Gasteiger partial charge in [0.05, 0.1) is 12.5 Å². The van der Waals surface area contributed by atoms with Gasteiger partial charge in [0.2, 0.25) is 0 Å². The maximum atomic E-state index is 11.9. The molecule has 0 aliphatic carbocycles. The molecule has 1 unspecified atom stereocenters. The van der Waals surface area contributed by atoms with E-state index in [9.17, 15) is 15.0 Å². The number of hydrogen-bond acceptors (Lipinski definition) is 5. The number of ether oxygens (including phenoxy) is 1. The van der Waals surface area contributed by atoms with E-state index in [1.807, 2.05) is 6.26 Å². The molecular formula is C14H20O4S. The molecule has 19 heavy (non-hydrogen) atoms. The van der Waals surface area contributed by atoms with Gasteiger partial charge in [0, 0.05) is 6.07 Å². The van der Waals surface area contributed by atoms with Gasteiger partial charge in [0.1, 0.15) is 11.5 Å². The summed E-state index contributed by atoms with van der Waals surface area (Å²) >= 11 is 1.67. The highest BCUT2D eigenvalue weighted by Gasteiger charge is 2.21. The third-order valence-electron chi connectivity index (χ3n) is 2.83. The summed E-state index contributed by atoms with van der Waals surface area (Å²) in [6, 6.07) is 4.42. The number of thioether (sulfide) groups is 1. The summed E-state index contributed by atoms with van der Waals surface area (Å²) in [6.45, 7) is 2.14. The van der Waals surface area contributed by atoms with Crippen molar-refractivity contribution in [1.82, 2.24) is 0 Å². The minimum atomic E-state index is -0.261. The molecule has 0 aliphatic heterocycles. The van der Waals surface area contributed by atoms with E-state index >= 15 is 0 Å². The van der Waals surface area contributed by atoms with Gasteiger partial charge in [-0.3, -0.25) is 4.79 Å². The first-order valence-electron chi connectivity index (χ1n) is 6.24. The van der Waals surface area contributed by atoms with E-state index in [1.165, 1.54) is 12.1 Å². The van der Waals surface area contributed by atoms with Crippen LogP contribution in [-0.4, -0.2) is 34.8 Å². The van der Waals surface area contributed by atoms with Gasteiger partial charge in [0.15, 0.2) is 0 Å². The summed E-state index contributed by atoms with van der Waals surface area (Å²) in [4.78, 5) is 11.9. The van der Waals surface area contributed by atoms with Crippen LogP contribution in [0.5, 0.6) is 11.5 Å².